The first kappa shape index (κ1) is 15.4. The van der Waals surface area contributed by atoms with Crippen LogP contribution in [-0.2, 0) is 12.8 Å². The summed E-state index contributed by atoms with van der Waals surface area (Å²) in [6.45, 7) is 0. The summed E-state index contributed by atoms with van der Waals surface area (Å²) in [5, 5.41) is 4.17. The van der Waals surface area contributed by atoms with Crippen molar-refractivity contribution < 1.29 is 9.18 Å². The summed E-state index contributed by atoms with van der Waals surface area (Å²) in [5.74, 6) is -0.304. The molecule has 122 valence electrons. The van der Waals surface area contributed by atoms with Crippen LogP contribution < -0.4 is 5.32 Å². The SMILES string of the molecule is O=C(NC1CCc2[nH]c3cc(F)ccc3c2C1)c1ccccc1Br. The van der Waals surface area contributed by atoms with Crippen LogP contribution in [0.5, 0.6) is 0 Å². The van der Waals surface area contributed by atoms with Crippen LogP contribution in [0.4, 0.5) is 4.39 Å². The Bertz CT molecular complexity index is 934. The van der Waals surface area contributed by atoms with E-state index < -0.39 is 0 Å². The maximum absolute atomic E-state index is 13.4. The number of H-pyrrole nitrogens is 1. The monoisotopic (exact) mass is 386 g/mol. The Hall–Kier alpha value is -2.14. The molecule has 2 N–H and O–H groups in total. The van der Waals surface area contributed by atoms with Crippen LogP contribution in [0.2, 0.25) is 0 Å². The number of nitrogens with one attached hydrogen (secondary N) is 2. The minimum Gasteiger partial charge on any atom is -0.358 e. The van der Waals surface area contributed by atoms with E-state index in [0.717, 1.165) is 40.3 Å². The topological polar surface area (TPSA) is 44.9 Å². The smallest absolute Gasteiger partial charge is 0.252 e. The summed E-state index contributed by atoms with van der Waals surface area (Å²) >= 11 is 3.42. The van der Waals surface area contributed by atoms with Crippen LogP contribution in [-0.4, -0.2) is 16.9 Å². The van der Waals surface area contributed by atoms with E-state index in [2.05, 4.69) is 26.2 Å². The van der Waals surface area contributed by atoms with Gasteiger partial charge in [-0.3, -0.25) is 4.79 Å². The molecule has 1 aliphatic carbocycles. The molecule has 0 fully saturated rings. The van der Waals surface area contributed by atoms with Crippen molar-refractivity contribution in [2.45, 2.75) is 25.3 Å². The molecule has 0 radical (unpaired) electrons. The Morgan fingerprint density at radius 1 is 1.25 bits per heavy atom. The molecule has 1 aliphatic rings. The Morgan fingerprint density at radius 2 is 2.08 bits per heavy atom. The standard InChI is InChI=1S/C19H16BrFN2O/c20-16-4-2-1-3-14(16)19(24)22-12-6-8-17-15(10-12)13-7-5-11(21)9-18(13)23-17/h1-5,7,9,12,23H,6,8,10H2,(H,22,24). The molecule has 2 aromatic carbocycles. The van der Waals surface area contributed by atoms with Gasteiger partial charge in [-0.1, -0.05) is 12.1 Å². The predicted octanol–water partition coefficient (Wildman–Crippen LogP) is 4.36. The summed E-state index contributed by atoms with van der Waals surface area (Å²) in [6, 6.07) is 12.3. The van der Waals surface area contributed by atoms with Gasteiger partial charge in [0.15, 0.2) is 0 Å². The second-order valence-corrected chi connectivity index (χ2v) is 7.02. The quantitative estimate of drug-likeness (QED) is 0.675. The molecule has 1 unspecified atom stereocenters. The highest BCUT2D eigenvalue weighted by Gasteiger charge is 2.24. The largest absolute Gasteiger partial charge is 0.358 e. The zero-order chi connectivity index (χ0) is 16.7. The van der Waals surface area contributed by atoms with Gasteiger partial charge in [0.05, 0.1) is 5.56 Å². The first-order chi connectivity index (χ1) is 11.6. The van der Waals surface area contributed by atoms with E-state index in [-0.39, 0.29) is 17.8 Å². The lowest BCUT2D eigenvalue weighted by Gasteiger charge is -2.24. The van der Waals surface area contributed by atoms with Gasteiger partial charge in [-0.15, -0.1) is 0 Å². The Morgan fingerprint density at radius 3 is 2.92 bits per heavy atom. The minimum absolute atomic E-state index is 0.0678. The number of carbonyl (C=O) groups excluding carboxylic acids is 1. The lowest BCUT2D eigenvalue weighted by molar-refractivity contribution is 0.0933. The van der Waals surface area contributed by atoms with Crippen molar-refractivity contribution in [1.82, 2.24) is 10.3 Å². The van der Waals surface area contributed by atoms with Crippen LogP contribution in [0.3, 0.4) is 0 Å². The Balaban J connectivity index is 1.57. The fourth-order valence-electron chi connectivity index (χ4n) is 3.43. The lowest BCUT2D eigenvalue weighted by atomic mass is 9.91. The highest BCUT2D eigenvalue weighted by Crippen LogP contribution is 2.30. The molecule has 5 heteroatoms. The van der Waals surface area contributed by atoms with Gasteiger partial charge in [0.2, 0.25) is 0 Å². The number of aromatic nitrogens is 1. The number of rotatable bonds is 2. The van der Waals surface area contributed by atoms with Crippen molar-refractivity contribution >= 4 is 32.7 Å². The second kappa shape index (κ2) is 6.06. The van der Waals surface area contributed by atoms with Crippen molar-refractivity contribution in [1.29, 1.82) is 0 Å². The van der Waals surface area contributed by atoms with Crippen LogP contribution in [0.1, 0.15) is 28.0 Å². The lowest BCUT2D eigenvalue weighted by Crippen LogP contribution is -2.38. The van der Waals surface area contributed by atoms with E-state index in [1.54, 1.807) is 0 Å². The second-order valence-electron chi connectivity index (χ2n) is 6.17. The third-order valence-corrected chi connectivity index (χ3v) is 5.30. The van der Waals surface area contributed by atoms with E-state index in [4.69, 9.17) is 0 Å². The van der Waals surface area contributed by atoms with Crippen molar-refractivity contribution in [3.63, 3.8) is 0 Å². The number of aryl methyl sites for hydroxylation is 1. The molecule has 1 amide bonds. The Kier molecular flexibility index (Phi) is 3.88. The highest BCUT2D eigenvalue weighted by molar-refractivity contribution is 9.10. The third kappa shape index (κ3) is 2.73. The van der Waals surface area contributed by atoms with Gasteiger partial charge in [0.25, 0.3) is 5.91 Å². The molecule has 3 nitrogen and oxygen atoms in total. The van der Waals surface area contributed by atoms with Crippen molar-refractivity contribution in [3.05, 3.63) is 69.6 Å². The molecule has 0 spiro atoms. The van der Waals surface area contributed by atoms with E-state index in [1.165, 1.54) is 17.7 Å². The molecule has 0 bridgehead atoms. The average molecular weight is 387 g/mol. The zero-order valence-electron chi connectivity index (χ0n) is 12.9. The van der Waals surface area contributed by atoms with Gasteiger partial charge in [-0.2, -0.15) is 0 Å². The average Bonchev–Trinajstić information content (AvgIpc) is 2.92. The molecular weight excluding hydrogens is 371 g/mol. The van der Waals surface area contributed by atoms with Gasteiger partial charge in [0.1, 0.15) is 5.82 Å². The molecule has 3 aromatic rings. The molecule has 4 rings (SSSR count). The fraction of sp³-hybridized carbons (Fsp3) is 0.211. The van der Waals surface area contributed by atoms with Crippen molar-refractivity contribution in [2.24, 2.45) is 0 Å². The van der Waals surface area contributed by atoms with Gasteiger partial charge >= 0.3 is 0 Å². The molecule has 0 aliphatic heterocycles. The van der Waals surface area contributed by atoms with Crippen LogP contribution in [0, 0.1) is 5.82 Å². The maximum Gasteiger partial charge on any atom is 0.252 e. The van der Waals surface area contributed by atoms with Gasteiger partial charge in [-0.25, -0.2) is 4.39 Å². The molecule has 0 saturated heterocycles. The summed E-state index contributed by atoms with van der Waals surface area (Å²) in [7, 11) is 0. The molecule has 1 aromatic heterocycles. The number of benzene rings is 2. The summed E-state index contributed by atoms with van der Waals surface area (Å²) in [4.78, 5) is 15.8. The number of halogens is 2. The molecule has 1 heterocycles. The van der Waals surface area contributed by atoms with Crippen LogP contribution in [0.25, 0.3) is 10.9 Å². The van der Waals surface area contributed by atoms with E-state index in [0.29, 0.717) is 5.56 Å². The summed E-state index contributed by atoms with van der Waals surface area (Å²) in [5.41, 5.74) is 3.82. The molecule has 1 atom stereocenters. The number of fused-ring (bicyclic) bond motifs is 3. The van der Waals surface area contributed by atoms with Crippen LogP contribution in [0.15, 0.2) is 46.9 Å². The van der Waals surface area contributed by atoms with E-state index >= 15 is 0 Å². The zero-order valence-corrected chi connectivity index (χ0v) is 14.5. The summed E-state index contributed by atoms with van der Waals surface area (Å²) in [6.07, 6.45) is 2.49. The van der Waals surface area contributed by atoms with Gasteiger partial charge in [0, 0.05) is 27.1 Å². The maximum atomic E-state index is 13.4. The Labute approximate surface area is 147 Å². The number of hydrogen-bond donors (Lipinski definition) is 2. The molecule has 0 saturated carbocycles. The number of aromatic amines is 1. The molecule has 24 heavy (non-hydrogen) atoms. The third-order valence-electron chi connectivity index (χ3n) is 4.60. The first-order valence-corrected chi connectivity index (χ1v) is 8.75. The highest BCUT2D eigenvalue weighted by atomic mass is 79.9. The van der Waals surface area contributed by atoms with Crippen molar-refractivity contribution in [2.75, 3.05) is 0 Å². The number of hydrogen-bond acceptors (Lipinski definition) is 1. The van der Waals surface area contributed by atoms with Crippen molar-refractivity contribution in [3.8, 4) is 0 Å². The van der Waals surface area contributed by atoms with Crippen LogP contribution >= 0.6 is 15.9 Å². The summed E-state index contributed by atoms with van der Waals surface area (Å²) < 4.78 is 14.2. The van der Waals surface area contributed by atoms with E-state index in [1.807, 2.05) is 30.3 Å². The fourth-order valence-corrected chi connectivity index (χ4v) is 3.89. The molecular formula is C19H16BrFN2O. The van der Waals surface area contributed by atoms with Gasteiger partial charge in [-0.05, 0) is 71.1 Å². The normalized spacial score (nSPS) is 16.8. The predicted molar refractivity (Wildman–Crippen MR) is 95.7 cm³/mol. The number of amides is 1. The van der Waals surface area contributed by atoms with E-state index in [9.17, 15) is 9.18 Å². The van der Waals surface area contributed by atoms with Gasteiger partial charge < -0.3 is 10.3 Å². The first-order valence-electron chi connectivity index (χ1n) is 7.96. The number of carbonyl (C=O) groups is 1. The minimum atomic E-state index is -0.236.